The van der Waals surface area contributed by atoms with E-state index in [-0.39, 0.29) is 12.7 Å². The molecule has 1 unspecified atom stereocenters. The van der Waals surface area contributed by atoms with Crippen molar-refractivity contribution in [2.75, 3.05) is 19.8 Å². The molecule has 8 heteroatoms. The first-order valence-electron chi connectivity index (χ1n) is 6.02. The third-order valence-electron chi connectivity index (χ3n) is 2.06. The summed E-state index contributed by atoms with van der Waals surface area (Å²) >= 11 is 0. The standard InChI is InChI=1S/C10H21O6Si2/c1-18(2,3)16-17(12)6-4-5-13-7-9-8-14-10(11)15-9/h9,12H,4-8H2,1-3H3. The van der Waals surface area contributed by atoms with Gasteiger partial charge < -0.3 is 23.1 Å². The predicted octanol–water partition coefficient (Wildman–Crippen LogP) is 1.26. The van der Waals surface area contributed by atoms with Crippen molar-refractivity contribution in [2.45, 2.75) is 38.2 Å². The van der Waals surface area contributed by atoms with Crippen LogP contribution in [0.2, 0.25) is 25.7 Å². The van der Waals surface area contributed by atoms with Crippen molar-refractivity contribution < 1.29 is 27.9 Å². The van der Waals surface area contributed by atoms with E-state index in [2.05, 4.69) is 24.4 Å². The first-order valence-corrected chi connectivity index (χ1v) is 11.0. The molecule has 105 valence electrons. The fraction of sp³-hybridized carbons (Fsp3) is 0.900. The lowest BCUT2D eigenvalue weighted by Crippen LogP contribution is -2.35. The highest BCUT2D eigenvalue weighted by Crippen LogP contribution is 2.09. The molecule has 6 nitrogen and oxygen atoms in total. The number of hydrogen-bond donors (Lipinski definition) is 1. The average molecular weight is 293 g/mol. The van der Waals surface area contributed by atoms with Gasteiger partial charge >= 0.3 is 15.4 Å². The topological polar surface area (TPSA) is 74.2 Å². The van der Waals surface area contributed by atoms with Crippen molar-refractivity contribution >= 4 is 23.8 Å². The molecular formula is C10H21O6Si2. The molecule has 0 aliphatic carbocycles. The van der Waals surface area contributed by atoms with Gasteiger partial charge in [0.05, 0.1) is 6.61 Å². The van der Waals surface area contributed by atoms with Gasteiger partial charge in [-0.1, -0.05) is 0 Å². The van der Waals surface area contributed by atoms with Gasteiger partial charge in [-0.25, -0.2) is 4.79 Å². The Bertz CT molecular complexity index is 268. The number of carbonyl (C=O) groups is 1. The molecule has 0 spiro atoms. The van der Waals surface area contributed by atoms with Crippen LogP contribution in [-0.4, -0.2) is 54.5 Å². The highest BCUT2D eigenvalue weighted by atomic mass is 28.4. The van der Waals surface area contributed by atoms with Crippen molar-refractivity contribution in [1.29, 1.82) is 0 Å². The lowest BCUT2D eigenvalue weighted by Gasteiger charge is -2.20. The SMILES string of the molecule is C[Si](C)(C)O[Si](O)CCCOCC1COC(=O)O1. The van der Waals surface area contributed by atoms with Gasteiger partial charge in [0.15, 0.2) is 14.4 Å². The molecule has 18 heavy (non-hydrogen) atoms. The molecule has 1 radical (unpaired) electrons. The van der Waals surface area contributed by atoms with Crippen LogP contribution in [0, 0.1) is 0 Å². The molecule has 1 atom stereocenters. The maximum Gasteiger partial charge on any atom is 0.508 e. The van der Waals surface area contributed by atoms with E-state index >= 15 is 0 Å². The fourth-order valence-corrected chi connectivity index (χ4v) is 5.07. The van der Waals surface area contributed by atoms with Crippen LogP contribution in [0.3, 0.4) is 0 Å². The number of carbonyl (C=O) groups excluding carboxylic acids is 1. The normalized spacial score (nSPS) is 20.1. The van der Waals surface area contributed by atoms with Crippen LogP contribution in [0.25, 0.3) is 0 Å². The molecule has 1 heterocycles. The van der Waals surface area contributed by atoms with Gasteiger partial charge in [-0.2, -0.15) is 0 Å². The van der Waals surface area contributed by atoms with E-state index in [0.717, 1.165) is 6.42 Å². The molecular weight excluding hydrogens is 272 g/mol. The zero-order valence-corrected chi connectivity index (χ0v) is 13.1. The Hall–Kier alpha value is -0.416. The lowest BCUT2D eigenvalue weighted by molar-refractivity contribution is 0.0459. The van der Waals surface area contributed by atoms with Crippen molar-refractivity contribution in [3.8, 4) is 0 Å². The van der Waals surface area contributed by atoms with Crippen LogP contribution in [-0.2, 0) is 18.3 Å². The van der Waals surface area contributed by atoms with Crippen molar-refractivity contribution in [1.82, 2.24) is 0 Å². The first kappa shape index (κ1) is 15.6. The van der Waals surface area contributed by atoms with Crippen LogP contribution in [0.5, 0.6) is 0 Å². The van der Waals surface area contributed by atoms with Crippen molar-refractivity contribution in [3.63, 3.8) is 0 Å². The van der Waals surface area contributed by atoms with Gasteiger partial charge in [-0.05, 0) is 32.1 Å². The summed E-state index contributed by atoms with van der Waals surface area (Å²) in [6, 6.07) is 0.649. The second-order valence-electron chi connectivity index (χ2n) is 5.09. The quantitative estimate of drug-likeness (QED) is 0.412. The Kier molecular flexibility index (Phi) is 6.29. The molecule has 0 aromatic carbocycles. The van der Waals surface area contributed by atoms with Crippen LogP contribution in [0.1, 0.15) is 6.42 Å². The molecule has 1 rings (SSSR count). The summed E-state index contributed by atoms with van der Waals surface area (Å²) < 4.78 is 20.4. The van der Waals surface area contributed by atoms with E-state index in [9.17, 15) is 9.59 Å². The van der Waals surface area contributed by atoms with E-state index in [4.69, 9.17) is 13.6 Å². The summed E-state index contributed by atoms with van der Waals surface area (Å²) in [6.45, 7) is 7.29. The largest absolute Gasteiger partial charge is 0.508 e. The van der Waals surface area contributed by atoms with Crippen LogP contribution in [0.4, 0.5) is 4.79 Å². The van der Waals surface area contributed by atoms with E-state index < -0.39 is 23.8 Å². The third kappa shape index (κ3) is 7.11. The van der Waals surface area contributed by atoms with Gasteiger partial charge in [0.1, 0.15) is 6.61 Å². The molecule has 1 N–H and O–H groups in total. The lowest BCUT2D eigenvalue weighted by atomic mass is 10.4. The van der Waals surface area contributed by atoms with Crippen LogP contribution in [0.15, 0.2) is 0 Å². The maximum absolute atomic E-state index is 10.6. The van der Waals surface area contributed by atoms with E-state index in [1.807, 2.05) is 0 Å². The molecule has 0 amide bonds. The second-order valence-corrected chi connectivity index (χ2v) is 11.4. The average Bonchev–Trinajstić information content (AvgIpc) is 2.61. The summed E-state index contributed by atoms with van der Waals surface area (Å²) in [6.07, 6.45) is -0.181. The zero-order chi connectivity index (χ0) is 13.6. The van der Waals surface area contributed by atoms with E-state index in [1.54, 1.807) is 0 Å². The molecule has 1 fully saturated rings. The van der Waals surface area contributed by atoms with Crippen LogP contribution < -0.4 is 0 Å². The summed E-state index contributed by atoms with van der Waals surface area (Å²) in [5.41, 5.74) is 0. The monoisotopic (exact) mass is 293 g/mol. The molecule has 0 aromatic heterocycles. The predicted molar refractivity (Wildman–Crippen MR) is 68.9 cm³/mol. The Morgan fingerprint density at radius 1 is 1.50 bits per heavy atom. The fourth-order valence-electron chi connectivity index (χ4n) is 1.39. The highest BCUT2D eigenvalue weighted by Gasteiger charge is 2.25. The summed E-state index contributed by atoms with van der Waals surface area (Å²) in [7, 11) is -3.32. The van der Waals surface area contributed by atoms with Crippen molar-refractivity contribution in [3.05, 3.63) is 0 Å². The molecule has 0 saturated carbocycles. The minimum atomic E-state index is -1.68. The zero-order valence-electron chi connectivity index (χ0n) is 11.1. The number of cyclic esters (lactones) is 2. The maximum atomic E-state index is 10.6. The van der Waals surface area contributed by atoms with Gasteiger partial charge in [-0.15, -0.1) is 0 Å². The summed E-state index contributed by atoms with van der Waals surface area (Å²) in [5, 5.41) is 0. The highest BCUT2D eigenvalue weighted by molar-refractivity contribution is 6.75. The number of rotatable bonds is 8. The van der Waals surface area contributed by atoms with Gasteiger partial charge in [0, 0.05) is 6.61 Å². The molecule has 0 aromatic rings. The summed E-state index contributed by atoms with van der Waals surface area (Å²) in [4.78, 5) is 20.3. The molecule has 1 saturated heterocycles. The van der Waals surface area contributed by atoms with Gasteiger partial charge in [-0.3, -0.25) is 0 Å². The second kappa shape index (κ2) is 7.24. The Labute approximate surface area is 110 Å². The Morgan fingerprint density at radius 2 is 2.22 bits per heavy atom. The Morgan fingerprint density at radius 3 is 2.78 bits per heavy atom. The van der Waals surface area contributed by atoms with E-state index in [0.29, 0.717) is 19.3 Å². The van der Waals surface area contributed by atoms with Crippen LogP contribution >= 0.6 is 0 Å². The first-order chi connectivity index (χ1) is 8.37. The minimum Gasteiger partial charge on any atom is -0.435 e. The van der Waals surface area contributed by atoms with E-state index in [1.165, 1.54) is 0 Å². The number of ether oxygens (including phenoxy) is 3. The van der Waals surface area contributed by atoms with Crippen molar-refractivity contribution in [2.24, 2.45) is 0 Å². The molecule has 1 aliphatic rings. The Balaban J connectivity index is 1.97. The number of hydrogen-bond acceptors (Lipinski definition) is 6. The summed E-state index contributed by atoms with van der Waals surface area (Å²) in [5.74, 6) is 0. The van der Waals surface area contributed by atoms with Gasteiger partial charge in [0.2, 0.25) is 0 Å². The molecule has 1 aliphatic heterocycles. The molecule has 0 bridgehead atoms. The third-order valence-corrected chi connectivity index (χ3v) is 6.23. The minimum absolute atomic E-state index is 0.257. The van der Waals surface area contributed by atoms with Gasteiger partial charge in [0.25, 0.3) is 0 Å². The smallest absolute Gasteiger partial charge is 0.435 e.